The Morgan fingerprint density at radius 3 is 2.37 bits per heavy atom. The first-order chi connectivity index (χ1) is 20.6. The topological polar surface area (TPSA) is 96.0 Å². The molecule has 0 aromatic heterocycles. The van der Waals surface area contributed by atoms with Crippen LogP contribution in [0.3, 0.4) is 0 Å². The summed E-state index contributed by atoms with van der Waals surface area (Å²) in [5, 5.41) is 3.13. The van der Waals surface area contributed by atoms with Crippen LogP contribution >= 0.6 is 15.9 Å². The summed E-state index contributed by atoms with van der Waals surface area (Å²) >= 11 is 3.49. The molecule has 1 saturated carbocycles. The normalized spacial score (nSPS) is 14.5. The standard InChI is InChI=1S/C33H40BrN3O5S/c1-4-42-31-16-9-8-15-30(31)37(43(40,41)29-19-17-24(2)18-20-29)23-32(38)36(22-26-11-10-12-27(34)21-26)25(3)33(39)35-28-13-6-5-7-14-28/h8-12,15-21,25,28H,4-7,13-14,22-23H2,1-3H3,(H,35,39)/t25-/m0/s1. The van der Waals surface area contributed by atoms with Crippen molar-refractivity contribution in [2.75, 3.05) is 17.5 Å². The Balaban J connectivity index is 1.72. The van der Waals surface area contributed by atoms with Crippen molar-refractivity contribution < 1.29 is 22.7 Å². The number of hydrogen-bond donors (Lipinski definition) is 1. The predicted octanol–water partition coefficient (Wildman–Crippen LogP) is 6.22. The van der Waals surface area contributed by atoms with Gasteiger partial charge in [0.05, 0.1) is 17.2 Å². The third-order valence-electron chi connectivity index (χ3n) is 7.68. The Kier molecular flexibility index (Phi) is 11.3. The van der Waals surface area contributed by atoms with Gasteiger partial charge in [-0.25, -0.2) is 8.42 Å². The molecule has 43 heavy (non-hydrogen) atoms. The summed E-state index contributed by atoms with van der Waals surface area (Å²) in [6.07, 6.45) is 5.10. The zero-order valence-corrected chi connectivity index (χ0v) is 27.4. The molecule has 1 fully saturated rings. The molecule has 4 rings (SSSR count). The molecule has 0 unspecified atom stereocenters. The number of rotatable bonds is 12. The molecule has 3 aromatic rings. The second-order valence-corrected chi connectivity index (χ2v) is 13.7. The van der Waals surface area contributed by atoms with Gasteiger partial charge < -0.3 is 15.0 Å². The lowest BCUT2D eigenvalue weighted by atomic mass is 9.95. The van der Waals surface area contributed by atoms with Gasteiger partial charge in [0.1, 0.15) is 18.3 Å². The smallest absolute Gasteiger partial charge is 0.264 e. The van der Waals surface area contributed by atoms with E-state index >= 15 is 0 Å². The lowest BCUT2D eigenvalue weighted by molar-refractivity contribution is -0.139. The second kappa shape index (κ2) is 14.9. The van der Waals surface area contributed by atoms with Crippen molar-refractivity contribution in [3.8, 4) is 5.75 Å². The number of carbonyl (C=O) groups is 2. The fourth-order valence-electron chi connectivity index (χ4n) is 5.27. The number of anilines is 1. The van der Waals surface area contributed by atoms with Crippen LogP contribution in [0.25, 0.3) is 0 Å². The third-order valence-corrected chi connectivity index (χ3v) is 9.95. The number of benzene rings is 3. The number of nitrogens with zero attached hydrogens (tertiary/aromatic N) is 2. The van der Waals surface area contributed by atoms with Crippen LogP contribution in [0.2, 0.25) is 0 Å². The maximum absolute atomic E-state index is 14.2. The number of nitrogens with one attached hydrogen (secondary N) is 1. The first-order valence-electron chi connectivity index (χ1n) is 14.8. The molecule has 0 saturated heterocycles. The van der Waals surface area contributed by atoms with Gasteiger partial charge in [-0.2, -0.15) is 0 Å². The van der Waals surface area contributed by atoms with Crippen LogP contribution in [0.5, 0.6) is 5.75 Å². The summed E-state index contributed by atoms with van der Waals surface area (Å²) < 4.78 is 36.0. The van der Waals surface area contributed by atoms with Gasteiger partial charge in [0, 0.05) is 17.1 Å². The van der Waals surface area contributed by atoms with Crippen molar-refractivity contribution in [2.45, 2.75) is 76.4 Å². The third kappa shape index (κ3) is 8.38. The minimum Gasteiger partial charge on any atom is -0.492 e. The molecule has 230 valence electrons. The molecule has 3 aromatic carbocycles. The van der Waals surface area contributed by atoms with E-state index in [0.29, 0.717) is 12.4 Å². The fraction of sp³-hybridized carbons (Fsp3) is 0.394. The van der Waals surface area contributed by atoms with E-state index < -0.39 is 28.5 Å². The van der Waals surface area contributed by atoms with Crippen LogP contribution in [0, 0.1) is 6.92 Å². The fourth-order valence-corrected chi connectivity index (χ4v) is 7.15. The average molecular weight is 671 g/mol. The highest BCUT2D eigenvalue weighted by Crippen LogP contribution is 2.33. The number of sulfonamides is 1. The van der Waals surface area contributed by atoms with E-state index in [1.54, 1.807) is 43.3 Å². The van der Waals surface area contributed by atoms with Crippen molar-refractivity contribution in [3.05, 3.63) is 88.4 Å². The van der Waals surface area contributed by atoms with Crippen molar-refractivity contribution >= 4 is 43.5 Å². The lowest BCUT2D eigenvalue weighted by Gasteiger charge is -2.33. The number of hydrogen-bond acceptors (Lipinski definition) is 5. The van der Waals surface area contributed by atoms with Crippen LogP contribution in [-0.4, -0.2) is 50.4 Å². The summed E-state index contributed by atoms with van der Waals surface area (Å²) in [7, 11) is -4.19. The molecule has 2 amide bonds. The minimum absolute atomic E-state index is 0.0545. The number of halogens is 1. The van der Waals surface area contributed by atoms with Crippen molar-refractivity contribution in [1.29, 1.82) is 0 Å². The largest absolute Gasteiger partial charge is 0.492 e. The number of ether oxygens (including phenoxy) is 1. The number of para-hydroxylation sites is 2. The first-order valence-corrected chi connectivity index (χ1v) is 17.0. The van der Waals surface area contributed by atoms with E-state index in [9.17, 15) is 18.0 Å². The molecule has 8 nitrogen and oxygen atoms in total. The number of amides is 2. The Morgan fingerprint density at radius 1 is 1.00 bits per heavy atom. The highest BCUT2D eigenvalue weighted by molar-refractivity contribution is 9.10. The van der Waals surface area contributed by atoms with Crippen LogP contribution in [-0.2, 0) is 26.2 Å². The van der Waals surface area contributed by atoms with Gasteiger partial charge in [-0.1, -0.05) is 77.2 Å². The molecule has 0 aliphatic heterocycles. The molecule has 0 spiro atoms. The summed E-state index contributed by atoms with van der Waals surface area (Å²) in [5.74, 6) is -0.415. The van der Waals surface area contributed by atoms with E-state index in [1.807, 2.05) is 38.1 Å². The minimum atomic E-state index is -4.19. The SMILES string of the molecule is CCOc1ccccc1N(CC(=O)N(Cc1cccc(Br)c1)[C@@H](C)C(=O)NC1CCCCC1)S(=O)(=O)c1ccc(C)cc1. The first kappa shape index (κ1) is 32.5. The van der Waals surface area contributed by atoms with E-state index in [1.165, 1.54) is 17.0 Å². The molecule has 1 N–H and O–H groups in total. The van der Waals surface area contributed by atoms with E-state index in [0.717, 1.165) is 52.0 Å². The second-order valence-electron chi connectivity index (χ2n) is 10.9. The van der Waals surface area contributed by atoms with Crippen LogP contribution < -0.4 is 14.4 Å². The summed E-state index contributed by atoms with van der Waals surface area (Å²) in [6.45, 7) is 5.31. The van der Waals surface area contributed by atoms with Crippen molar-refractivity contribution in [3.63, 3.8) is 0 Å². The van der Waals surface area contributed by atoms with Gasteiger partial charge in [0.15, 0.2) is 0 Å². The van der Waals surface area contributed by atoms with Gasteiger partial charge in [0.2, 0.25) is 11.8 Å². The highest BCUT2D eigenvalue weighted by Gasteiger charge is 2.34. The highest BCUT2D eigenvalue weighted by atomic mass is 79.9. The molecule has 1 aliphatic rings. The maximum Gasteiger partial charge on any atom is 0.264 e. The predicted molar refractivity (Wildman–Crippen MR) is 172 cm³/mol. The summed E-state index contributed by atoms with van der Waals surface area (Å²) in [4.78, 5) is 29.3. The maximum atomic E-state index is 14.2. The van der Waals surface area contributed by atoms with E-state index in [2.05, 4.69) is 21.2 Å². The van der Waals surface area contributed by atoms with Crippen LogP contribution in [0.1, 0.15) is 57.1 Å². The van der Waals surface area contributed by atoms with Crippen molar-refractivity contribution in [1.82, 2.24) is 10.2 Å². The van der Waals surface area contributed by atoms with E-state index in [4.69, 9.17) is 4.74 Å². The van der Waals surface area contributed by atoms with Crippen LogP contribution in [0.4, 0.5) is 5.69 Å². The average Bonchev–Trinajstić information content (AvgIpc) is 2.99. The Bertz CT molecular complexity index is 1510. The van der Waals surface area contributed by atoms with Gasteiger partial charge in [-0.3, -0.25) is 13.9 Å². The number of aryl methyl sites for hydroxylation is 1. The Hall–Kier alpha value is -3.37. The molecule has 0 heterocycles. The Labute approximate surface area is 263 Å². The van der Waals surface area contributed by atoms with Crippen LogP contribution in [0.15, 0.2) is 82.2 Å². The van der Waals surface area contributed by atoms with Gasteiger partial charge in [-0.05, 0) is 75.6 Å². The monoisotopic (exact) mass is 669 g/mol. The van der Waals surface area contributed by atoms with Crippen molar-refractivity contribution in [2.24, 2.45) is 0 Å². The van der Waals surface area contributed by atoms with Gasteiger partial charge >= 0.3 is 0 Å². The Morgan fingerprint density at radius 2 is 1.70 bits per heavy atom. The van der Waals surface area contributed by atoms with E-state index in [-0.39, 0.29) is 29.1 Å². The van der Waals surface area contributed by atoms with Gasteiger partial charge in [-0.15, -0.1) is 0 Å². The molecule has 1 aliphatic carbocycles. The molecular weight excluding hydrogens is 630 g/mol. The lowest BCUT2D eigenvalue weighted by Crippen LogP contribution is -2.53. The zero-order valence-electron chi connectivity index (χ0n) is 25.0. The number of carbonyl (C=O) groups excluding carboxylic acids is 2. The molecule has 0 bridgehead atoms. The quantitative estimate of drug-likeness (QED) is 0.247. The summed E-state index contributed by atoms with van der Waals surface area (Å²) in [5.41, 5.74) is 1.97. The molecule has 0 radical (unpaired) electrons. The summed E-state index contributed by atoms with van der Waals surface area (Å²) in [6, 6.07) is 20.0. The molecular formula is C33H40BrN3O5S. The molecule has 10 heteroatoms. The zero-order chi connectivity index (χ0) is 31.0. The van der Waals surface area contributed by atoms with Gasteiger partial charge in [0.25, 0.3) is 10.0 Å². The molecule has 1 atom stereocenters.